The van der Waals surface area contributed by atoms with E-state index < -0.39 is 0 Å². The van der Waals surface area contributed by atoms with E-state index in [4.69, 9.17) is 5.73 Å². The molecule has 0 aliphatic carbocycles. The number of nitrogens with two attached hydrogens (primary N) is 1. The van der Waals surface area contributed by atoms with Crippen molar-refractivity contribution in [1.29, 1.82) is 0 Å². The number of anilines is 1. The summed E-state index contributed by atoms with van der Waals surface area (Å²) in [6, 6.07) is 10.9. The Morgan fingerprint density at radius 1 is 1.24 bits per heavy atom. The zero-order valence-electron chi connectivity index (χ0n) is 10.2. The first-order valence-corrected chi connectivity index (χ1v) is 6.66. The summed E-state index contributed by atoms with van der Waals surface area (Å²) in [7, 11) is 0. The number of rotatable bonds is 4. The van der Waals surface area contributed by atoms with Crippen LogP contribution in [0.25, 0.3) is 0 Å². The summed E-state index contributed by atoms with van der Waals surface area (Å²) in [5.74, 6) is 0. The Morgan fingerprint density at radius 3 is 2.53 bits per heavy atom. The van der Waals surface area contributed by atoms with E-state index in [1.807, 2.05) is 11.4 Å². The molecule has 0 aliphatic heterocycles. The molecule has 3 heteroatoms. The van der Waals surface area contributed by atoms with Crippen molar-refractivity contribution in [2.24, 2.45) is 0 Å². The highest BCUT2D eigenvalue weighted by molar-refractivity contribution is 7.10. The van der Waals surface area contributed by atoms with E-state index >= 15 is 0 Å². The van der Waals surface area contributed by atoms with Crippen LogP contribution in [0.3, 0.4) is 0 Å². The maximum Gasteiger partial charge on any atom is 0.0468 e. The molecule has 2 nitrogen and oxygen atoms in total. The molecule has 0 aliphatic rings. The molecule has 2 rings (SSSR count). The Labute approximate surface area is 106 Å². The molecule has 0 unspecified atom stereocenters. The van der Waals surface area contributed by atoms with Gasteiger partial charge in [0, 0.05) is 23.2 Å². The molecular formula is C14H18N2S. The third-order valence-corrected chi connectivity index (χ3v) is 3.86. The number of aryl methyl sites for hydroxylation is 1. The molecule has 0 amide bonds. The van der Waals surface area contributed by atoms with Gasteiger partial charge in [0.05, 0.1) is 0 Å². The van der Waals surface area contributed by atoms with Crippen molar-refractivity contribution in [2.45, 2.75) is 26.4 Å². The Balaban J connectivity index is 1.95. The van der Waals surface area contributed by atoms with Gasteiger partial charge in [0.1, 0.15) is 0 Å². The highest BCUT2D eigenvalue weighted by Crippen LogP contribution is 2.20. The molecule has 0 bridgehead atoms. The number of hydrogen-bond donors (Lipinski definition) is 2. The fraction of sp³-hybridized carbons (Fsp3) is 0.286. The highest BCUT2D eigenvalue weighted by atomic mass is 32.1. The second-order valence-corrected chi connectivity index (χ2v) is 5.31. The molecule has 0 radical (unpaired) electrons. The van der Waals surface area contributed by atoms with Gasteiger partial charge in [-0.1, -0.05) is 29.8 Å². The van der Waals surface area contributed by atoms with E-state index in [1.165, 1.54) is 16.0 Å². The first-order chi connectivity index (χ1) is 8.16. The summed E-state index contributed by atoms with van der Waals surface area (Å²) < 4.78 is 0. The minimum absolute atomic E-state index is 0.345. The van der Waals surface area contributed by atoms with Crippen LogP contribution in [-0.2, 0) is 6.54 Å². The molecule has 0 fully saturated rings. The largest absolute Gasteiger partial charge is 0.398 e. The van der Waals surface area contributed by atoms with Gasteiger partial charge in [-0.3, -0.25) is 0 Å². The molecule has 1 aromatic carbocycles. The smallest absolute Gasteiger partial charge is 0.0468 e. The predicted molar refractivity (Wildman–Crippen MR) is 75.2 cm³/mol. The Kier molecular flexibility index (Phi) is 3.82. The van der Waals surface area contributed by atoms with E-state index in [-0.39, 0.29) is 0 Å². The van der Waals surface area contributed by atoms with Crippen LogP contribution < -0.4 is 11.1 Å². The van der Waals surface area contributed by atoms with Gasteiger partial charge in [-0.05, 0) is 30.9 Å². The number of hydrogen-bond acceptors (Lipinski definition) is 3. The summed E-state index contributed by atoms with van der Waals surface area (Å²) in [4.78, 5) is 1.21. The van der Waals surface area contributed by atoms with Gasteiger partial charge < -0.3 is 11.1 Å². The van der Waals surface area contributed by atoms with Gasteiger partial charge in [-0.2, -0.15) is 0 Å². The molecule has 1 heterocycles. The monoisotopic (exact) mass is 246 g/mol. The van der Waals surface area contributed by atoms with E-state index in [9.17, 15) is 0 Å². The fourth-order valence-electron chi connectivity index (χ4n) is 1.71. The molecule has 2 aromatic rings. The normalized spacial score (nSPS) is 12.6. The second-order valence-electron chi connectivity index (χ2n) is 4.31. The van der Waals surface area contributed by atoms with Crippen molar-refractivity contribution in [3.63, 3.8) is 0 Å². The zero-order valence-corrected chi connectivity index (χ0v) is 11.1. The van der Waals surface area contributed by atoms with Crippen molar-refractivity contribution in [3.8, 4) is 0 Å². The molecule has 0 saturated heterocycles. The lowest BCUT2D eigenvalue weighted by atomic mass is 10.1. The van der Waals surface area contributed by atoms with Gasteiger partial charge >= 0.3 is 0 Å². The average Bonchev–Trinajstić information content (AvgIpc) is 2.73. The molecule has 17 heavy (non-hydrogen) atoms. The van der Waals surface area contributed by atoms with Crippen molar-refractivity contribution in [1.82, 2.24) is 5.32 Å². The average molecular weight is 246 g/mol. The number of nitrogens with one attached hydrogen (secondary N) is 1. The van der Waals surface area contributed by atoms with Crippen molar-refractivity contribution >= 4 is 17.0 Å². The molecule has 0 saturated carbocycles. The molecule has 90 valence electrons. The maximum absolute atomic E-state index is 5.86. The molecule has 1 aromatic heterocycles. The van der Waals surface area contributed by atoms with E-state index in [0.717, 1.165) is 12.2 Å². The lowest BCUT2D eigenvalue weighted by Gasteiger charge is -2.14. The maximum atomic E-state index is 5.86. The summed E-state index contributed by atoms with van der Waals surface area (Å²) in [6.45, 7) is 5.11. The number of nitrogen functional groups attached to an aromatic ring is 1. The SMILES string of the molecule is Cc1ccc([C@@H](C)NCc2sccc2N)cc1. The Morgan fingerprint density at radius 2 is 1.94 bits per heavy atom. The lowest BCUT2D eigenvalue weighted by molar-refractivity contribution is 0.579. The van der Waals surface area contributed by atoms with Crippen molar-refractivity contribution in [2.75, 3.05) is 5.73 Å². The number of thiophene rings is 1. The van der Waals surface area contributed by atoms with Crippen LogP contribution in [0.5, 0.6) is 0 Å². The van der Waals surface area contributed by atoms with Gasteiger partial charge in [-0.15, -0.1) is 11.3 Å². The minimum Gasteiger partial charge on any atom is -0.398 e. The first kappa shape index (κ1) is 12.1. The predicted octanol–water partition coefficient (Wildman–Crippen LogP) is 3.49. The van der Waals surface area contributed by atoms with Gasteiger partial charge in [0.15, 0.2) is 0 Å². The van der Waals surface area contributed by atoms with Crippen LogP contribution in [0.15, 0.2) is 35.7 Å². The van der Waals surface area contributed by atoms with E-state index in [2.05, 4.69) is 43.4 Å². The Hall–Kier alpha value is -1.32. The van der Waals surface area contributed by atoms with Crippen LogP contribution in [0.1, 0.15) is 29.0 Å². The summed E-state index contributed by atoms with van der Waals surface area (Å²) in [5.41, 5.74) is 9.35. The Bertz CT molecular complexity index is 473. The zero-order chi connectivity index (χ0) is 12.3. The van der Waals surface area contributed by atoms with Crippen molar-refractivity contribution in [3.05, 3.63) is 51.7 Å². The van der Waals surface area contributed by atoms with Crippen LogP contribution in [0.4, 0.5) is 5.69 Å². The van der Waals surface area contributed by atoms with E-state index in [0.29, 0.717) is 6.04 Å². The first-order valence-electron chi connectivity index (χ1n) is 5.78. The van der Waals surface area contributed by atoms with Crippen molar-refractivity contribution < 1.29 is 0 Å². The molecule has 0 spiro atoms. The van der Waals surface area contributed by atoms with Crippen LogP contribution in [0.2, 0.25) is 0 Å². The fourth-order valence-corrected chi connectivity index (χ4v) is 2.46. The third kappa shape index (κ3) is 3.08. The highest BCUT2D eigenvalue weighted by Gasteiger charge is 2.06. The number of benzene rings is 1. The summed E-state index contributed by atoms with van der Waals surface area (Å²) >= 11 is 1.70. The lowest BCUT2D eigenvalue weighted by Crippen LogP contribution is -2.17. The summed E-state index contributed by atoms with van der Waals surface area (Å²) in [5, 5.41) is 5.52. The van der Waals surface area contributed by atoms with Gasteiger partial charge in [0.2, 0.25) is 0 Å². The van der Waals surface area contributed by atoms with Crippen LogP contribution in [-0.4, -0.2) is 0 Å². The quantitative estimate of drug-likeness (QED) is 0.866. The molecular weight excluding hydrogens is 228 g/mol. The standard InChI is InChI=1S/C14H18N2S/c1-10-3-5-12(6-4-10)11(2)16-9-14-13(15)7-8-17-14/h3-8,11,16H,9,15H2,1-2H3/t11-/m1/s1. The molecule has 3 N–H and O–H groups in total. The minimum atomic E-state index is 0.345. The topological polar surface area (TPSA) is 38.0 Å². The molecule has 1 atom stereocenters. The van der Waals surface area contributed by atoms with Crippen LogP contribution >= 0.6 is 11.3 Å². The van der Waals surface area contributed by atoms with E-state index in [1.54, 1.807) is 11.3 Å². The van der Waals surface area contributed by atoms with Gasteiger partial charge in [0.25, 0.3) is 0 Å². The summed E-state index contributed by atoms with van der Waals surface area (Å²) in [6.07, 6.45) is 0. The third-order valence-electron chi connectivity index (χ3n) is 2.93. The second kappa shape index (κ2) is 5.34. The van der Waals surface area contributed by atoms with Crippen LogP contribution in [0, 0.1) is 6.92 Å². The van der Waals surface area contributed by atoms with Gasteiger partial charge in [-0.25, -0.2) is 0 Å².